The lowest BCUT2D eigenvalue weighted by Gasteiger charge is -2.10. The van der Waals surface area contributed by atoms with Gasteiger partial charge in [0.15, 0.2) is 0 Å². The minimum absolute atomic E-state index is 0.508. The number of aromatic nitrogens is 2. The molecule has 1 heterocycles. The summed E-state index contributed by atoms with van der Waals surface area (Å²) in [6.45, 7) is 2.39. The summed E-state index contributed by atoms with van der Waals surface area (Å²) in [5.74, 6) is 2.79. The number of nitrogens with one attached hydrogen (secondary N) is 1. The first-order valence-corrected chi connectivity index (χ1v) is 7.35. The number of anilines is 2. The Bertz CT molecular complexity index is 773. The quantitative estimate of drug-likeness (QED) is 0.750. The molecule has 0 radical (unpaired) electrons. The summed E-state index contributed by atoms with van der Waals surface area (Å²) in [6, 6.07) is 17.5. The summed E-state index contributed by atoms with van der Waals surface area (Å²) in [7, 11) is 0. The molecule has 3 rings (SSSR count). The van der Waals surface area contributed by atoms with Crippen LogP contribution in [-0.4, -0.2) is 9.97 Å². The molecule has 0 unspecified atom stereocenters. The van der Waals surface area contributed by atoms with E-state index in [0.717, 1.165) is 22.7 Å². The van der Waals surface area contributed by atoms with E-state index in [1.54, 1.807) is 6.20 Å². The van der Waals surface area contributed by atoms with Crippen molar-refractivity contribution in [2.45, 2.75) is 13.5 Å². The molecule has 0 amide bonds. The van der Waals surface area contributed by atoms with E-state index in [4.69, 9.17) is 10.5 Å². The molecule has 0 atom stereocenters. The fourth-order valence-electron chi connectivity index (χ4n) is 2.11. The van der Waals surface area contributed by atoms with Crippen molar-refractivity contribution in [2.75, 3.05) is 11.1 Å². The molecule has 0 aliphatic carbocycles. The summed E-state index contributed by atoms with van der Waals surface area (Å²) >= 11 is 0. The zero-order chi connectivity index (χ0) is 16.1. The van der Waals surface area contributed by atoms with Crippen molar-refractivity contribution < 1.29 is 4.74 Å². The first-order chi connectivity index (χ1) is 11.2. The van der Waals surface area contributed by atoms with Crippen molar-refractivity contribution in [1.29, 1.82) is 0 Å². The van der Waals surface area contributed by atoms with Gasteiger partial charge in [-0.15, -0.1) is 0 Å². The second-order valence-electron chi connectivity index (χ2n) is 5.12. The van der Waals surface area contributed by atoms with Crippen LogP contribution in [0, 0.1) is 6.92 Å². The van der Waals surface area contributed by atoms with E-state index in [1.807, 2.05) is 61.5 Å². The van der Waals surface area contributed by atoms with Crippen LogP contribution in [0.4, 0.5) is 11.5 Å². The molecule has 3 aromatic rings. The maximum atomic E-state index is 5.88. The summed E-state index contributed by atoms with van der Waals surface area (Å²) in [4.78, 5) is 8.32. The number of ether oxygens (including phenoxy) is 1. The summed E-state index contributed by atoms with van der Waals surface area (Å²) < 4.78 is 5.76. The van der Waals surface area contributed by atoms with E-state index < -0.39 is 0 Å². The molecular formula is C18H18N4O. The molecule has 1 aromatic heterocycles. The largest absolute Gasteiger partial charge is 0.457 e. The number of nitrogens with zero attached hydrogens (tertiary/aromatic N) is 2. The van der Waals surface area contributed by atoms with E-state index >= 15 is 0 Å². The van der Waals surface area contributed by atoms with Crippen LogP contribution in [0.2, 0.25) is 0 Å². The van der Waals surface area contributed by atoms with Gasteiger partial charge < -0.3 is 15.8 Å². The highest BCUT2D eigenvalue weighted by atomic mass is 16.5. The van der Waals surface area contributed by atoms with Crippen molar-refractivity contribution in [3.05, 3.63) is 72.2 Å². The Labute approximate surface area is 135 Å². The van der Waals surface area contributed by atoms with Crippen LogP contribution in [0.5, 0.6) is 11.5 Å². The van der Waals surface area contributed by atoms with E-state index in [1.165, 1.54) is 0 Å². The van der Waals surface area contributed by atoms with Crippen LogP contribution in [0.3, 0.4) is 0 Å². The van der Waals surface area contributed by atoms with Gasteiger partial charge in [0.1, 0.15) is 23.1 Å². The number of nitrogens with two attached hydrogens (primary N) is 1. The first-order valence-electron chi connectivity index (χ1n) is 7.35. The SMILES string of the molecule is Cc1ncc(CNc2ccc(Oc3ccccc3)cc2)c(N)n1. The van der Waals surface area contributed by atoms with Gasteiger partial charge in [-0.2, -0.15) is 0 Å². The van der Waals surface area contributed by atoms with Crippen LogP contribution in [0.25, 0.3) is 0 Å². The number of hydrogen-bond donors (Lipinski definition) is 2. The summed E-state index contributed by atoms with van der Waals surface area (Å²) in [5.41, 5.74) is 7.74. The van der Waals surface area contributed by atoms with Crippen LogP contribution in [0.15, 0.2) is 60.8 Å². The smallest absolute Gasteiger partial charge is 0.132 e. The van der Waals surface area contributed by atoms with Gasteiger partial charge in [0.25, 0.3) is 0 Å². The van der Waals surface area contributed by atoms with Gasteiger partial charge >= 0.3 is 0 Å². The minimum Gasteiger partial charge on any atom is -0.457 e. The molecule has 116 valence electrons. The molecule has 0 saturated heterocycles. The third-order valence-corrected chi connectivity index (χ3v) is 3.33. The monoisotopic (exact) mass is 306 g/mol. The number of aryl methyl sites for hydroxylation is 1. The maximum Gasteiger partial charge on any atom is 0.132 e. The van der Waals surface area contributed by atoms with Gasteiger partial charge in [0.2, 0.25) is 0 Å². The molecule has 5 nitrogen and oxygen atoms in total. The average Bonchev–Trinajstić information content (AvgIpc) is 2.56. The van der Waals surface area contributed by atoms with Crippen molar-refractivity contribution >= 4 is 11.5 Å². The predicted octanol–water partition coefficient (Wildman–Crippen LogP) is 3.77. The Balaban J connectivity index is 1.61. The van der Waals surface area contributed by atoms with Crippen molar-refractivity contribution in [3.8, 4) is 11.5 Å². The molecule has 0 spiro atoms. The van der Waals surface area contributed by atoms with E-state index in [0.29, 0.717) is 18.2 Å². The lowest BCUT2D eigenvalue weighted by molar-refractivity contribution is 0.483. The second kappa shape index (κ2) is 6.79. The number of para-hydroxylation sites is 1. The molecule has 5 heteroatoms. The standard InChI is InChI=1S/C18H18N4O/c1-13-20-11-14(18(19)22-13)12-21-15-7-9-17(10-8-15)23-16-5-3-2-4-6-16/h2-11,21H,12H2,1H3,(H2,19,20,22). The van der Waals surface area contributed by atoms with Crippen molar-refractivity contribution in [2.24, 2.45) is 0 Å². The lowest BCUT2D eigenvalue weighted by Crippen LogP contribution is -2.06. The molecule has 23 heavy (non-hydrogen) atoms. The number of rotatable bonds is 5. The van der Waals surface area contributed by atoms with Crippen molar-refractivity contribution in [1.82, 2.24) is 9.97 Å². The van der Waals surface area contributed by atoms with Crippen LogP contribution in [0.1, 0.15) is 11.4 Å². The van der Waals surface area contributed by atoms with Crippen molar-refractivity contribution in [3.63, 3.8) is 0 Å². The molecule has 0 aliphatic heterocycles. The van der Waals surface area contributed by atoms with Gasteiger partial charge in [-0.25, -0.2) is 9.97 Å². The number of hydrogen-bond acceptors (Lipinski definition) is 5. The molecule has 0 fully saturated rings. The highest BCUT2D eigenvalue weighted by Gasteiger charge is 2.02. The lowest BCUT2D eigenvalue weighted by atomic mass is 10.2. The highest BCUT2D eigenvalue weighted by Crippen LogP contribution is 2.23. The molecular weight excluding hydrogens is 288 g/mol. The molecule has 0 bridgehead atoms. The Morgan fingerprint density at radius 1 is 1.00 bits per heavy atom. The van der Waals surface area contributed by atoms with E-state index in [2.05, 4.69) is 15.3 Å². The third kappa shape index (κ3) is 3.97. The Morgan fingerprint density at radius 3 is 2.39 bits per heavy atom. The minimum atomic E-state index is 0.508. The molecule has 2 aromatic carbocycles. The first kappa shape index (κ1) is 14.8. The number of benzene rings is 2. The topological polar surface area (TPSA) is 73.1 Å². The Kier molecular flexibility index (Phi) is 4.38. The summed E-state index contributed by atoms with van der Waals surface area (Å²) in [6.07, 6.45) is 1.75. The average molecular weight is 306 g/mol. The van der Waals surface area contributed by atoms with Gasteiger partial charge in [0.05, 0.1) is 0 Å². The normalized spacial score (nSPS) is 10.3. The van der Waals surface area contributed by atoms with Gasteiger partial charge in [-0.1, -0.05) is 18.2 Å². The molecule has 0 aliphatic rings. The Morgan fingerprint density at radius 2 is 1.70 bits per heavy atom. The van der Waals surface area contributed by atoms with E-state index in [9.17, 15) is 0 Å². The summed E-state index contributed by atoms with van der Waals surface area (Å²) in [5, 5.41) is 3.30. The zero-order valence-corrected chi connectivity index (χ0v) is 12.9. The predicted molar refractivity (Wildman–Crippen MR) is 91.5 cm³/mol. The van der Waals surface area contributed by atoms with Crippen LogP contribution >= 0.6 is 0 Å². The zero-order valence-electron chi connectivity index (χ0n) is 12.9. The number of nitrogen functional groups attached to an aromatic ring is 1. The Hall–Kier alpha value is -3.08. The van der Waals surface area contributed by atoms with Gasteiger partial charge in [-0.3, -0.25) is 0 Å². The van der Waals surface area contributed by atoms with Gasteiger partial charge in [0, 0.05) is 24.0 Å². The fraction of sp³-hybridized carbons (Fsp3) is 0.111. The van der Waals surface area contributed by atoms with Crippen LogP contribution in [-0.2, 0) is 6.54 Å². The highest BCUT2D eigenvalue weighted by molar-refractivity contribution is 5.49. The molecule has 3 N–H and O–H groups in total. The van der Waals surface area contributed by atoms with Crippen LogP contribution < -0.4 is 15.8 Å². The maximum absolute atomic E-state index is 5.88. The van der Waals surface area contributed by atoms with E-state index in [-0.39, 0.29) is 0 Å². The fourth-order valence-corrected chi connectivity index (χ4v) is 2.11. The second-order valence-corrected chi connectivity index (χ2v) is 5.12. The third-order valence-electron chi connectivity index (χ3n) is 3.33. The van der Waals surface area contributed by atoms with Gasteiger partial charge in [-0.05, 0) is 43.3 Å². The molecule has 0 saturated carbocycles.